The van der Waals surface area contributed by atoms with Crippen molar-refractivity contribution in [1.29, 1.82) is 0 Å². The van der Waals surface area contributed by atoms with E-state index < -0.39 is 0 Å². The highest BCUT2D eigenvalue weighted by molar-refractivity contribution is 5.26. The van der Waals surface area contributed by atoms with Gasteiger partial charge in [0, 0.05) is 24.7 Å². The Labute approximate surface area is 94.7 Å². The van der Waals surface area contributed by atoms with Crippen LogP contribution in [0, 0.1) is 10.8 Å². The lowest BCUT2D eigenvalue weighted by Gasteiger charge is -2.42. The molecule has 1 heterocycles. The van der Waals surface area contributed by atoms with Crippen molar-refractivity contribution >= 4 is 0 Å². The second-order valence-electron chi connectivity index (χ2n) is 6.61. The number of hydrogen-bond acceptors (Lipinski definition) is 2. The zero-order chi connectivity index (χ0) is 11.9. The van der Waals surface area contributed by atoms with E-state index in [1.54, 1.807) is 5.57 Å². The fourth-order valence-electron chi connectivity index (χ4n) is 2.39. The largest absolute Gasteiger partial charge is 0.365 e. The Balaban J connectivity index is 3.23. The van der Waals surface area contributed by atoms with Gasteiger partial charge in [-0.05, 0) is 11.0 Å². The van der Waals surface area contributed by atoms with Gasteiger partial charge in [-0.25, -0.2) is 0 Å². The topological polar surface area (TPSA) is 15.3 Å². The minimum Gasteiger partial charge on any atom is -0.365 e. The maximum atomic E-state index is 3.46. The Morgan fingerprint density at radius 3 is 1.87 bits per heavy atom. The first-order valence-electron chi connectivity index (χ1n) is 5.80. The first kappa shape index (κ1) is 12.6. The summed E-state index contributed by atoms with van der Waals surface area (Å²) in [7, 11) is 2.18. The van der Waals surface area contributed by atoms with E-state index in [1.807, 2.05) is 0 Å². The number of rotatable bonds is 0. The van der Waals surface area contributed by atoms with Crippen LogP contribution >= 0.6 is 0 Å². The van der Waals surface area contributed by atoms with Gasteiger partial charge < -0.3 is 4.90 Å². The van der Waals surface area contributed by atoms with Crippen LogP contribution in [0.3, 0.4) is 0 Å². The van der Waals surface area contributed by atoms with Crippen LogP contribution in [0.2, 0.25) is 0 Å². The van der Waals surface area contributed by atoms with Crippen LogP contribution in [0.4, 0.5) is 0 Å². The summed E-state index contributed by atoms with van der Waals surface area (Å²) in [6.07, 6.45) is 0. The van der Waals surface area contributed by atoms with Crippen molar-refractivity contribution in [1.82, 2.24) is 10.2 Å². The summed E-state index contributed by atoms with van der Waals surface area (Å²) in [6.45, 7) is 15.8. The zero-order valence-electron chi connectivity index (χ0n) is 11.4. The molecule has 0 saturated carbocycles. The summed E-state index contributed by atoms with van der Waals surface area (Å²) in [5, 5.41) is 3.46. The fourth-order valence-corrected chi connectivity index (χ4v) is 2.39. The van der Waals surface area contributed by atoms with Gasteiger partial charge in [0.05, 0.1) is 6.67 Å². The molecular formula is C13H26N2. The van der Waals surface area contributed by atoms with E-state index in [0.29, 0.717) is 0 Å². The van der Waals surface area contributed by atoms with Crippen LogP contribution in [0.15, 0.2) is 11.3 Å². The van der Waals surface area contributed by atoms with E-state index >= 15 is 0 Å². The van der Waals surface area contributed by atoms with Gasteiger partial charge in [-0.1, -0.05) is 41.5 Å². The first-order chi connectivity index (χ1) is 6.64. The molecule has 0 unspecified atom stereocenters. The summed E-state index contributed by atoms with van der Waals surface area (Å²) >= 11 is 0. The molecule has 0 bridgehead atoms. The first-order valence-corrected chi connectivity index (χ1v) is 5.80. The highest BCUT2D eigenvalue weighted by Gasteiger charge is 2.32. The molecule has 0 spiro atoms. The molecule has 0 atom stereocenters. The van der Waals surface area contributed by atoms with Crippen molar-refractivity contribution in [2.75, 3.05) is 20.3 Å². The second kappa shape index (κ2) is 3.82. The average molecular weight is 210 g/mol. The third-order valence-corrected chi connectivity index (χ3v) is 2.93. The number of hydrogen-bond donors (Lipinski definition) is 1. The predicted octanol–water partition coefficient (Wildman–Crippen LogP) is 2.83. The molecule has 0 aliphatic carbocycles. The molecule has 15 heavy (non-hydrogen) atoms. The van der Waals surface area contributed by atoms with Gasteiger partial charge in [-0.2, -0.15) is 0 Å². The molecule has 88 valence electrons. The molecule has 0 aromatic heterocycles. The molecule has 2 heteroatoms. The number of nitrogens with zero attached hydrogens (tertiary/aromatic N) is 1. The van der Waals surface area contributed by atoms with E-state index in [4.69, 9.17) is 0 Å². The molecule has 0 fully saturated rings. The lowest BCUT2D eigenvalue weighted by Crippen LogP contribution is -2.44. The third-order valence-electron chi connectivity index (χ3n) is 2.93. The molecule has 1 N–H and O–H groups in total. The zero-order valence-corrected chi connectivity index (χ0v) is 11.4. The van der Waals surface area contributed by atoms with Gasteiger partial charge in [-0.3, -0.25) is 5.32 Å². The fraction of sp³-hybridized carbons (Fsp3) is 0.846. The molecule has 0 aromatic rings. The monoisotopic (exact) mass is 210 g/mol. The van der Waals surface area contributed by atoms with E-state index in [1.165, 1.54) is 5.70 Å². The van der Waals surface area contributed by atoms with Crippen LogP contribution in [0.25, 0.3) is 0 Å². The number of nitrogens with one attached hydrogen (secondary N) is 1. The Morgan fingerprint density at radius 1 is 1.00 bits per heavy atom. The summed E-state index contributed by atoms with van der Waals surface area (Å²) < 4.78 is 0. The van der Waals surface area contributed by atoms with E-state index in [0.717, 1.165) is 13.2 Å². The molecular weight excluding hydrogens is 184 g/mol. The number of allylic oxidation sites excluding steroid dienone is 1. The van der Waals surface area contributed by atoms with E-state index in [2.05, 4.69) is 58.8 Å². The molecule has 1 rings (SSSR count). The summed E-state index contributed by atoms with van der Waals surface area (Å²) in [4.78, 5) is 2.35. The van der Waals surface area contributed by atoms with Gasteiger partial charge in [0.15, 0.2) is 0 Å². The van der Waals surface area contributed by atoms with Crippen LogP contribution in [0.5, 0.6) is 0 Å². The predicted molar refractivity (Wildman–Crippen MR) is 66.6 cm³/mol. The normalized spacial score (nSPS) is 19.8. The van der Waals surface area contributed by atoms with Crippen molar-refractivity contribution < 1.29 is 0 Å². The molecule has 0 saturated heterocycles. The standard InChI is InChI=1S/C13H26N2/c1-12(2,3)10-8-14-9-15(7)11(10)13(4,5)6/h14H,8-9H2,1-7H3. The van der Waals surface area contributed by atoms with Gasteiger partial charge >= 0.3 is 0 Å². The molecule has 2 nitrogen and oxygen atoms in total. The molecule has 1 aliphatic heterocycles. The van der Waals surface area contributed by atoms with Crippen LogP contribution in [-0.2, 0) is 0 Å². The average Bonchev–Trinajstić information content (AvgIpc) is 1.99. The van der Waals surface area contributed by atoms with Crippen molar-refractivity contribution in [2.24, 2.45) is 10.8 Å². The van der Waals surface area contributed by atoms with Crippen molar-refractivity contribution in [2.45, 2.75) is 41.5 Å². The lowest BCUT2D eigenvalue weighted by atomic mass is 9.77. The van der Waals surface area contributed by atoms with Crippen LogP contribution in [0.1, 0.15) is 41.5 Å². The minimum absolute atomic E-state index is 0.236. The van der Waals surface area contributed by atoms with Crippen molar-refractivity contribution in [3.8, 4) is 0 Å². The second-order valence-corrected chi connectivity index (χ2v) is 6.61. The maximum Gasteiger partial charge on any atom is 0.0678 e. The summed E-state index contributed by atoms with van der Waals surface area (Å²) in [5.41, 5.74) is 3.54. The highest BCUT2D eigenvalue weighted by Crippen LogP contribution is 2.38. The summed E-state index contributed by atoms with van der Waals surface area (Å²) in [5.74, 6) is 0. The Kier molecular flexibility index (Phi) is 3.20. The molecule has 0 radical (unpaired) electrons. The minimum atomic E-state index is 0.236. The Bertz CT molecular complexity index is 263. The van der Waals surface area contributed by atoms with Gasteiger partial charge in [0.2, 0.25) is 0 Å². The van der Waals surface area contributed by atoms with Crippen molar-refractivity contribution in [3.63, 3.8) is 0 Å². The van der Waals surface area contributed by atoms with Gasteiger partial charge in [-0.15, -0.1) is 0 Å². The molecule has 0 aromatic carbocycles. The van der Waals surface area contributed by atoms with Crippen LogP contribution in [-0.4, -0.2) is 25.2 Å². The lowest BCUT2D eigenvalue weighted by molar-refractivity contribution is 0.249. The third kappa shape index (κ3) is 2.75. The van der Waals surface area contributed by atoms with E-state index in [-0.39, 0.29) is 10.8 Å². The Morgan fingerprint density at radius 2 is 1.53 bits per heavy atom. The summed E-state index contributed by atoms with van der Waals surface area (Å²) in [6, 6.07) is 0. The van der Waals surface area contributed by atoms with E-state index in [9.17, 15) is 0 Å². The van der Waals surface area contributed by atoms with Crippen molar-refractivity contribution in [3.05, 3.63) is 11.3 Å². The smallest absolute Gasteiger partial charge is 0.0678 e. The quantitative estimate of drug-likeness (QED) is 0.661. The highest BCUT2D eigenvalue weighted by atomic mass is 15.2. The maximum absolute atomic E-state index is 3.46. The molecule has 1 aliphatic rings. The molecule has 0 amide bonds. The van der Waals surface area contributed by atoms with Crippen LogP contribution < -0.4 is 5.32 Å². The van der Waals surface area contributed by atoms with Gasteiger partial charge in [0.1, 0.15) is 0 Å². The Hall–Kier alpha value is -0.500. The van der Waals surface area contributed by atoms with Gasteiger partial charge in [0.25, 0.3) is 0 Å². The SMILES string of the molecule is CN1CNCC(C(C)(C)C)=C1C(C)(C)C.